The summed E-state index contributed by atoms with van der Waals surface area (Å²) in [6, 6.07) is 7.46. The Morgan fingerprint density at radius 1 is 1.35 bits per heavy atom. The quantitative estimate of drug-likeness (QED) is 0.634. The molecule has 5 heteroatoms. The van der Waals surface area contributed by atoms with E-state index in [2.05, 4.69) is 0 Å². The number of ether oxygens (including phenoxy) is 1. The van der Waals surface area contributed by atoms with Crippen LogP contribution in [-0.2, 0) is 20.7 Å². The number of nitrogens with two attached hydrogens (primary N) is 1. The Morgan fingerprint density at radius 2 is 2.05 bits per heavy atom. The largest absolute Gasteiger partial charge is 0.456 e. The summed E-state index contributed by atoms with van der Waals surface area (Å²) in [7, 11) is 1.69. The Labute approximate surface area is 119 Å². The molecule has 0 aliphatic carbocycles. The average Bonchev–Trinajstić information content (AvgIpc) is 2.41. The van der Waals surface area contributed by atoms with Crippen molar-refractivity contribution in [2.24, 2.45) is 0 Å². The zero-order valence-electron chi connectivity index (χ0n) is 12.3. The number of esters is 1. The van der Waals surface area contributed by atoms with Gasteiger partial charge in [-0.05, 0) is 38.0 Å². The van der Waals surface area contributed by atoms with Crippen LogP contribution in [-0.4, -0.2) is 36.5 Å². The van der Waals surface area contributed by atoms with Crippen LogP contribution < -0.4 is 5.73 Å². The highest BCUT2D eigenvalue weighted by Crippen LogP contribution is 2.09. The molecule has 0 spiro atoms. The number of nitrogens with zero attached hydrogens (tertiary/aromatic N) is 1. The second kappa shape index (κ2) is 7.53. The third-order valence-corrected chi connectivity index (χ3v) is 3.09. The first-order chi connectivity index (χ1) is 9.40. The first kappa shape index (κ1) is 16.0. The molecule has 0 aromatic heterocycles. The van der Waals surface area contributed by atoms with Gasteiger partial charge in [-0.15, -0.1) is 0 Å². The van der Waals surface area contributed by atoms with Crippen molar-refractivity contribution in [1.29, 1.82) is 0 Å². The minimum absolute atomic E-state index is 0.0912. The molecule has 0 saturated heterocycles. The molecule has 1 amide bonds. The van der Waals surface area contributed by atoms with Crippen LogP contribution in [0.5, 0.6) is 0 Å². The van der Waals surface area contributed by atoms with Crippen molar-refractivity contribution in [3.05, 3.63) is 29.8 Å². The van der Waals surface area contributed by atoms with E-state index in [1.54, 1.807) is 18.0 Å². The standard InChI is InChI=1S/C15H22N2O3/c1-11(2)17(3)14(18)10-20-15(19)8-7-12-5-4-6-13(16)9-12/h4-6,9,11H,7-8,10,16H2,1-3H3. The number of hydrogen-bond donors (Lipinski definition) is 1. The van der Waals surface area contributed by atoms with E-state index in [-0.39, 0.29) is 30.9 Å². The van der Waals surface area contributed by atoms with Crippen molar-refractivity contribution in [3.8, 4) is 0 Å². The van der Waals surface area contributed by atoms with E-state index in [4.69, 9.17) is 10.5 Å². The van der Waals surface area contributed by atoms with E-state index in [9.17, 15) is 9.59 Å². The highest BCUT2D eigenvalue weighted by Gasteiger charge is 2.14. The van der Waals surface area contributed by atoms with Gasteiger partial charge in [0.15, 0.2) is 6.61 Å². The Kier molecular flexibility index (Phi) is 6.03. The molecular weight excluding hydrogens is 256 g/mol. The third-order valence-electron chi connectivity index (χ3n) is 3.09. The molecule has 1 aromatic rings. The van der Waals surface area contributed by atoms with Crippen molar-refractivity contribution in [3.63, 3.8) is 0 Å². The van der Waals surface area contributed by atoms with Gasteiger partial charge in [-0.3, -0.25) is 9.59 Å². The van der Waals surface area contributed by atoms with E-state index < -0.39 is 0 Å². The van der Waals surface area contributed by atoms with Gasteiger partial charge in [0, 0.05) is 25.2 Å². The number of amides is 1. The van der Waals surface area contributed by atoms with Crippen LogP contribution in [0.1, 0.15) is 25.8 Å². The molecule has 0 aliphatic heterocycles. The number of anilines is 1. The number of rotatable bonds is 6. The van der Waals surface area contributed by atoms with E-state index in [0.717, 1.165) is 5.56 Å². The lowest BCUT2D eigenvalue weighted by Gasteiger charge is -2.21. The number of hydrogen-bond acceptors (Lipinski definition) is 4. The lowest BCUT2D eigenvalue weighted by molar-refractivity contribution is -0.152. The SMILES string of the molecule is CC(C)N(C)C(=O)COC(=O)CCc1cccc(N)c1. The third kappa shape index (κ3) is 5.30. The number of nitrogen functional groups attached to an aromatic ring is 1. The first-order valence-corrected chi connectivity index (χ1v) is 6.66. The molecule has 1 rings (SSSR count). The number of carbonyl (C=O) groups is 2. The molecular formula is C15H22N2O3. The summed E-state index contributed by atoms with van der Waals surface area (Å²) in [5, 5.41) is 0. The van der Waals surface area contributed by atoms with Crippen molar-refractivity contribution in [2.45, 2.75) is 32.7 Å². The second-order valence-corrected chi connectivity index (χ2v) is 5.00. The number of aryl methyl sites for hydroxylation is 1. The van der Waals surface area contributed by atoms with Crippen molar-refractivity contribution >= 4 is 17.6 Å². The van der Waals surface area contributed by atoms with E-state index >= 15 is 0 Å². The minimum atomic E-state index is -0.377. The minimum Gasteiger partial charge on any atom is -0.456 e. The first-order valence-electron chi connectivity index (χ1n) is 6.66. The fraction of sp³-hybridized carbons (Fsp3) is 0.467. The summed E-state index contributed by atoms with van der Waals surface area (Å²) in [6.07, 6.45) is 0.792. The predicted molar refractivity (Wildman–Crippen MR) is 78.0 cm³/mol. The van der Waals surface area contributed by atoms with Crippen LogP contribution in [0.25, 0.3) is 0 Å². The van der Waals surface area contributed by atoms with E-state index in [1.165, 1.54) is 0 Å². The molecule has 0 saturated carbocycles. The van der Waals surface area contributed by atoms with E-state index in [0.29, 0.717) is 12.1 Å². The fourth-order valence-corrected chi connectivity index (χ4v) is 1.60. The van der Waals surface area contributed by atoms with Gasteiger partial charge in [0.1, 0.15) is 0 Å². The number of benzene rings is 1. The molecule has 0 aliphatic rings. The van der Waals surface area contributed by atoms with Crippen LogP contribution >= 0.6 is 0 Å². The summed E-state index contributed by atoms with van der Waals surface area (Å²) < 4.78 is 4.97. The molecule has 0 radical (unpaired) electrons. The van der Waals surface area contributed by atoms with Crippen molar-refractivity contribution in [1.82, 2.24) is 4.90 Å². The molecule has 0 fully saturated rings. The highest BCUT2D eigenvalue weighted by molar-refractivity contribution is 5.80. The van der Waals surface area contributed by atoms with Gasteiger partial charge >= 0.3 is 5.97 Å². The molecule has 5 nitrogen and oxygen atoms in total. The maximum atomic E-state index is 11.6. The van der Waals surface area contributed by atoms with Gasteiger partial charge in [0.2, 0.25) is 0 Å². The van der Waals surface area contributed by atoms with Gasteiger partial charge in [0.05, 0.1) is 0 Å². The van der Waals surface area contributed by atoms with Gasteiger partial charge in [-0.25, -0.2) is 0 Å². The summed E-state index contributed by atoms with van der Waals surface area (Å²) in [5.74, 6) is -0.574. The Bertz CT molecular complexity index is 472. The van der Waals surface area contributed by atoms with E-state index in [1.807, 2.05) is 32.0 Å². The van der Waals surface area contributed by atoms with Gasteiger partial charge in [-0.1, -0.05) is 12.1 Å². The van der Waals surface area contributed by atoms with Crippen LogP contribution in [0.15, 0.2) is 24.3 Å². The van der Waals surface area contributed by atoms with Gasteiger partial charge in [-0.2, -0.15) is 0 Å². The number of carbonyl (C=O) groups excluding carboxylic acids is 2. The maximum Gasteiger partial charge on any atom is 0.306 e. The van der Waals surface area contributed by atoms with Crippen LogP contribution in [0, 0.1) is 0 Å². The summed E-state index contributed by atoms with van der Waals surface area (Å²) >= 11 is 0. The molecule has 0 bridgehead atoms. The molecule has 1 aromatic carbocycles. The number of likely N-dealkylation sites (N-methyl/N-ethyl adjacent to an activating group) is 1. The predicted octanol–water partition coefficient (Wildman–Crippen LogP) is 1.61. The molecule has 110 valence electrons. The summed E-state index contributed by atoms with van der Waals surface area (Å²) in [5.41, 5.74) is 7.31. The molecule has 0 atom stereocenters. The smallest absolute Gasteiger partial charge is 0.306 e. The zero-order valence-corrected chi connectivity index (χ0v) is 12.3. The zero-order chi connectivity index (χ0) is 15.1. The second-order valence-electron chi connectivity index (χ2n) is 5.00. The summed E-state index contributed by atoms with van der Waals surface area (Å²) in [4.78, 5) is 24.8. The Morgan fingerprint density at radius 3 is 2.65 bits per heavy atom. The molecule has 2 N–H and O–H groups in total. The highest BCUT2D eigenvalue weighted by atomic mass is 16.5. The molecule has 20 heavy (non-hydrogen) atoms. The molecule has 0 heterocycles. The Balaban J connectivity index is 2.32. The molecule has 0 unspecified atom stereocenters. The van der Waals surface area contributed by atoms with Crippen LogP contribution in [0.2, 0.25) is 0 Å². The average molecular weight is 278 g/mol. The maximum absolute atomic E-state index is 11.6. The van der Waals surface area contributed by atoms with Crippen LogP contribution in [0.4, 0.5) is 5.69 Å². The summed E-state index contributed by atoms with van der Waals surface area (Å²) in [6.45, 7) is 3.60. The van der Waals surface area contributed by atoms with Crippen molar-refractivity contribution in [2.75, 3.05) is 19.4 Å². The van der Waals surface area contributed by atoms with Gasteiger partial charge < -0.3 is 15.4 Å². The fourth-order valence-electron chi connectivity index (χ4n) is 1.60. The van der Waals surface area contributed by atoms with Crippen LogP contribution in [0.3, 0.4) is 0 Å². The lowest BCUT2D eigenvalue weighted by Crippen LogP contribution is -2.36. The topological polar surface area (TPSA) is 72.6 Å². The van der Waals surface area contributed by atoms with Gasteiger partial charge in [0.25, 0.3) is 5.91 Å². The Hall–Kier alpha value is -2.04. The van der Waals surface area contributed by atoms with Crippen molar-refractivity contribution < 1.29 is 14.3 Å². The normalized spacial score (nSPS) is 10.4. The monoisotopic (exact) mass is 278 g/mol. The lowest BCUT2D eigenvalue weighted by atomic mass is 10.1.